The van der Waals surface area contributed by atoms with Gasteiger partial charge in [0.1, 0.15) is 5.82 Å². The summed E-state index contributed by atoms with van der Waals surface area (Å²) in [6, 6.07) is 3.36. The molecular weight excluding hydrogens is 232 g/mol. The molecule has 0 aliphatic carbocycles. The zero-order valence-corrected chi connectivity index (χ0v) is 11.0. The fraction of sp³-hybridized carbons (Fsp3) is 0.462. The van der Waals surface area contributed by atoms with Crippen molar-refractivity contribution in [1.82, 2.24) is 4.90 Å². The van der Waals surface area contributed by atoms with E-state index in [1.807, 2.05) is 13.7 Å². The second kappa shape index (κ2) is 5.10. The van der Waals surface area contributed by atoms with Gasteiger partial charge in [-0.2, -0.15) is 0 Å². The first kappa shape index (κ1) is 13.1. The Labute approximate surface area is 107 Å². The van der Waals surface area contributed by atoms with Crippen LogP contribution in [0.3, 0.4) is 0 Å². The number of amides is 1. The molecule has 0 saturated heterocycles. The molecule has 1 aromatic carbocycles. The van der Waals surface area contributed by atoms with Crippen LogP contribution in [0.5, 0.6) is 0 Å². The van der Waals surface area contributed by atoms with E-state index in [9.17, 15) is 9.18 Å². The number of hydrogen-bond donors (Lipinski definition) is 0. The lowest BCUT2D eigenvalue weighted by atomic mass is 9.64. The van der Waals surface area contributed by atoms with E-state index in [1.54, 1.807) is 24.1 Å². The van der Waals surface area contributed by atoms with Crippen LogP contribution in [0.25, 0.3) is 0 Å². The Balaban J connectivity index is 2.34. The van der Waals surface area contributed by atoms with Gasteiger partial charge in [-0.15, -0.1) is 0 Å². The van der Waals surface area contributed by atoms with E-state index in [0.717, 1.165) is 11.9 Å². The molecule has 1 aromatic rings. The van der Waals surface area contributed by atoms with Crippen LogP contribution in [0.4, 0.5) is 4.39 Å². The number of fused-ring (bicyclic) bond motifs is 1. The summed E-state index contributed by atoms with van der Waals surface area (Å²) in [6.45, 7) is 4.66. The first-order chi connectivity index (χ1) is 8.56. The summed E-state index contributed by atoms with van der Waals surface area (Å²) >= 11 is 0. The summed E-state index contributed by atoms with van der Waals surface area (Å²) in [4.78, 5) is 13.6. The molecule has 2 rings (SSSR count). The average Bonchev–Trinajstić information content (AvgIpc) is 2.72. The van der Waals surface area contributed by atoms with Gasteiger partial charge in [-0.1, -0.05) is 19.8 Å². The van der Waals surface area contributed by atoms with Crippen LogP contribution in [-0.2, 0) is 11.3 Å². The second-order valence-electron chi connectivity index (χ2n) is 4.67. The molecule has 0 radical (unpaired) electrons. The molecule has 0 fully saturated rings. The zero-order valence-electron chi connectivity index (χ0n) is 11.0. The number of carbonyl (C=O) groups excluding carboxylic acids is 1. The van der Waals surface area contributed by atoms with Crippen LogP contribution in [0.15, 0.2) is 12.1 Å². The van der Waals surface area contributed by atoms with Gasteiger partial charge in [-0.25, -0.2) is 4.39 Å². The van der Waals surface area contributed by atoms with E-state index >= 15 is 0 Å². The first-order valence-electron chi connectivity index (χ1n) is 6.24. The van der Waals surface area contributed by atoms with Crippen LogP contribution in [0.1, 0.15) is 29.3 Å². The van der Waals surface area contributed by atoms with Crippen molar-refractivity contribution in [2.45, 2.75) is 26.8 Å². The second-order valence-corrected chi connectivity index (χ2v) is 4.67. The Morgan fingerprint density at radius 3 is 2.94 bits per heavy atom. The number of benzene rings is 1. The Morgan fingerprint density at radius 2 is 2.28 bits per heavy atom. The van der Waals surface area contributed by atoms with Crippen LogP contribution in [-0.4, -0.2) is 31.3 Å². The van der Waals surface area contributed by atoms with Gasteiger partial charge in [0, 0.05) is 19.2 Å². The van der Waals surface area contributed by atoms with Crippen LogP contribution >= 0.6 is 0 Å². The van der Waals surface area contributed by atoms with E-state index in [0.29, 0.717) is 12.1 Å². The van der Waals surface area contributed by atoms with Gasteiger partial charge < -0.3 is 9.55 Å². The summed E-state index contributed by atoms with van der Waals surface area (Å²) in [7, 11) is 1.69. The average molecular weight is 249 g/mol. The quantitative estimate of drug-likeness (QED) is 0.762. The summed E-state index contributed by atoms with van der Waals surface area (Å²) in [5, 5.41) is 0. The Kier molecular flexibility index (Phi) is 3.71. The minimum atomic E-state index is -0.426. The molecule has 1 amide bonds. The third-order valence-corrected chi connectivity index (χ3v) is 3.33. The lowest BCUT2D eigenvalue weighted by Crippen LogP contribution is -2.30. The molecule has 5 heteroatoms. The zero-order chi connectivity index (χ0) is 13.3. The van der Waals surface area contributed by atoms with Gasteiger partial charge >= 0.3 is 6.92 Å². The van der Waals surface area contributed by atoms with Crippen molar-refractivity contribution in [2.24, 2.45) is 0 Å². The van der Waals surface area contributed by atoms with Crippen molar-refractivity contribution in [3.63, 3.8) is 0 Å². The number of carbonyl (C=O) groups is 1. The molecule has 0 N–H and O–H groups in total. The van der Waals surface area contributed by atoms with Crippen LogP contribution in [0.2, 0.25) is 6.82 Å². The summed E-state index contributed by atoms with van der Waals surface area (Å²) < 4.78 is 19.7. The first-order valence-corrected chi connectivity index (χ1v) is 6.24. The van der Waals surface area contributed by atoms with Gasteiger partial charge in [0.05, 0.1) is 12.2 Å². The number of halogens is 1. The van der Waals surface area contributed by atoms with Crippen molar-refractivity contribution in [1.29, 1.82) is 0 Å². The minimum absolute atomic E-state index is 0.0907. The Morgan fingerprint density at radius 1 is 1.56 bits per heavy atom. The highest BCUT2D eigenvalue weighted by Gasteiger charge is 2.29. The standard InChI is InChI=1S/C13H17BFNO2/c1-4-7-16(3)13(17)9-5-6-11-10(12(9)15)8-18-14(11)2/h5-6H,4,7-8H2,1-3H3. The highest BCUT2D eigenvalue weighted by Crippen LogP contribution is 2.19. The maximum absolute atomic E-state index is 14.3. The largest absolute Gasteiger partial charge is 0.427 e. The molecule has 0 unspecified atom stereocenters. The highest BCUT2D eigenvalue weighted by atomic mass is 19.1. The van der Waals surface area contributed by atoms with E-state index in [2.05, 4.69) is 0 Å². The maximum atomic E-state index is 14.3. The molecule has 1 heterocycles. The third-order valence-electron chi connectivity index (χ3n) is 3.33. The molecule has 1 aliphatic heterocycles. The van der Waals surface area contributed by atoms with Gasteiger partial charge in [-0.05, 0) is 17.9 Å². The molecule has 1 aliphatic rings. The Hall–Kier alpha value is -1.36. The predicted octanol–water partition coefficient (Wildman–Crippen LogP) is 1.67. The topological polar surface area (TPSA) is 29.5 Å². The molecule has 18 heavy (non-hydrogen) atoms. The van der Waals surface area contributed by atoms with Crippen LogP contribution in [0, 0.1) is 5.82 Å². The van der Waals surface area contributed by atoms with Crippen molar-refractivity contribution in [3.8, 4) is 0 Å². The van der Waals surface area contributed by atoms with Crippen molar-refractivity contribution in [2.75, 3.05) is 13.6 Å². The molecule has 0 saturated carbocycles. The Bertz CT molecular complexity index is 478. The number of hydrogen-bond acceptors (Lipinski definition) is 2. The smallest absolute Gasteiger partial charge is 0.324 e. The molecule has 0 aromatic heterocycles. The molecule has 0 bridgehead atoms. The summed E-state index contributed by atoms with van der Waals surface area (Å²) in [5.74, 6) is -0.693. The predicted molar refractivity (Wildman–Crippen MR) is 69.7 cm³/mol. The molecular formula is C13H17BFNO2. The van der Waals surface area contributed by atoms with Crippen LogP contribution < -0.4 is 5.46 Å². The van der Waals surface area contributed by atoms with E-state index in [1.165, 1.54) is 0 Å². The fourth-order valence-corrected chi connectivity index (χ4v) is 2.27. The SMILES string of the molecule is CCCN(C)C(=O)c1ccc2c(c1F)COB2C. The van der Waals surface area contributed by atoms with Gasteiger partial charge in [0.25, 0.3) is 5.91 Å². The van der Waals surface area contributed by atoms with Gasteiger partial charge in [-0.3, -0.25) is 4.79 Å². The number of nitrogens with zero attached hydrogens (tertiary/aromatic N) is 1. The minimum Gasteiger partial charge on any atom is -0.427 e. The summed E-state index contributed by atoms with van der Waals surface area (Å²) in [6.07, 6.45) is 0.856. The molecule has 3 nitrogen and oxygen atoms in total. The van der Waals surface area contributed by atoms with Crippen molar-refractivity contribution in [3.05, 3.63) is 29.1 Å². The maximum Gasteiger partial charge on any atom is 0.324 e. The molecule has 96 valence electrons. The third kappa shape index (κ3) is 2.15. The lowest BCUT2D eigenvalue weighted by molar-refractivity contribution is 0.0790. The van der Waals surface area contributed by atoms with E-state index in [4.69, 9.17) is 4.65 Å². The lowest BCUT2D eigenvalue weighted by Gasteiger charge is -2.17. The van der Waals surface area contributed by atoms with E-state index < -0.39 is 5.82 Å². The van der Waals surface area contributed by atoms with Crippen molar-refractivity contribution >= 4 is 18.3 Å². The monoisotopic (exact) mass is 249 g/mol. The molecule has 0 atom stereocenters. The van der Waals surface area contributed by atoms with E-state index in [-0.39, 0.29) is 25.0 Å². The van der Waals surface area contributed by atoms with Crippen molar-refractivity contribution < 1.29 is 13.8 Å². The normalized spacial score (nSPS) is 13.7. The number of rotatable bonds is 3. The van der Waals surface area contributed by atoms with Gasteiger partial charge in [0.2, 0.25) is 0 Å². The molecule has 0 spiro atoms. The summed E-state index contributed by atoms with van der Waals surface area (Å²) in [5.41, 5.74) is 1.52. The highest BCUT2D eigenvalue weighted by molar-refractivity contribution is 6.67. The fourth-order valence-electron chi connectivity index (χ4n) is 2.27. The van der Waals surface area contributed by atoms with Gasteiger partial charge in [0.15, 0.2) is 0 Å².